The molecule has 1 atom stereocenters. The minimum atomic E-state index is -0.0299. The van der Waals surface area contributed by atoms with E-state index in [2.05, 4.69) is 12.2 Å². The van der Waals surface area contributed by atoms with Gasteiger partial charge in [-0.15, -0.1) is 11.8 Å². The summed E-state index contributed by atoms with van der Waals surface area (Å²) in [5.41, 5.74) is 0. The van der Waals surface area contributed by atoms with Crippen molar-refractivity contribution in [2.45, 2.75) is 54.4 Å². The highest BCUT2D eigenvalue weighted by Gasteiger charge is 2.18. The molecule has 1 saturated carbocycles. The van der Waals surface area contributed by atoms with E-state index in [1.807, 2.05) is 36.0 Å². The molecular weight excluding hydrogens is 334 g/mol. The van der Waals surface area contributed by atoms with Crippen molar-refractivity contribution >= 4 is 41.0 Å². The predicted molar refractivity (Wildman–Crippen MR) is 99.1 cm³/mol. The number of rotatable bonds is 8. The van der Waals surface area contributed by atoms with E-state index >= 15 is 0 Å². The Labute approximate surface area is 147 Å². The second kappa shape index (κ2) is 9.74. The van der Waals surface area contributed by atoms with E-state index in [4.69, 9.17) is 11.6 Å². The Kier molecular flexibility index (Phi) is 7.98. The van der Waals surface area contributed by atoms with Crippen LogP contribution in [0.15, 0.2) is 29.2 Å². The summed E-state index contributed by atoms with van der Waals surface area (Å²) in [7, 11) is 0. The van der Waals surface area contributed by atoms with Gasteiger partial charge in [0.25, 0.3) is 0 Å². The Morgan fingerprint density at radius 3 is 2.64 bits per heavy atom. The van der Waals surface area contributed by atoms with Crippen molar-refractivity contribution in [1.29, 1.82) is 0 Å². The molecule has 1 N–H and O–H groups in total. The first-order chi connectivity index (χ1) is 10.7. The molecule has 1 aliphatic carbocycles. The number of hydrogen-bond donors (Lipinski definition) is 1. The molecule has 1 amide bonds. The van der Waals surface area contributed by atoms with Crippen LogP contribution in [0.1, 0.15) is 39.0 Å². The number of benzene rings is 1. The predicted octanol–water partition coefficient (Wildman–Crippen LogP) is 5.00. The molecule has 22 heavy (non-hydrogen) atoms. The molecule has 0 aromatic heterocycles. The molecule has 1 aromatic rings. The number of amides is 1. The number of hydrogen-bond acceptors (Lipinski definition) is 3. The fraction of sp³-hybridized carbons (Fsp3) is 0.588. The number of thioether (sulfide) groups is 2. The van der Waals surface area contributed by atoms with Crippen molar-refractivity contribution in [2.75, 3.05) is 12.3 Å². The highest BCUT2D eigenvalue weighted by molar-refractivity contribution is 8.00. The smallest absolute Gasteiger partial charge is 0.233 e. The molecule has 122 valence electrons. The molecule has 2 nitrogen and oxygen atoms in total. The second-order valence-corrected chi connectivity index (χ2v) is 8.66. The minimum Gasteiger partial charge on any atom is -0.354 e. The Balaban J connectivity index is 1.70. The molecule has 1 aliphatic rings. The molecule has 2 rings (SSSR count). The van der Waals surface area contributed by atoms with Crippen LogP contribution < -0.4 is 5.32 Å². The second-order valence-electron chi connectivity index (χ2n) is 5.54. The van der Waals surface area contributed by atoms with Crippen LogP contribution in [0, 0.1) is 0 Å². The Morgan fingerprint density at radius 1 is 1.32 bits per heavy atom. The van der Waals surface area contributed by atoms with Crippen LogP contribution in [0.4, 0.5) is 0 Å². The van der Waals surface area contributed by atoms with Crippen LogP contribution in [0.25, 0.3) is 0 Å². The summed E-state index contributed by atoms with van der Waals surface area (Å²) in [6.07, 6.45) is 6.28. The lowest BCUT2D eigenvalue weighted by Gasteiger charge is -2.15. The van der Waals surface area contributed by atoms with Crippen molar-refractivity contribution < 1.29 is 4.79 Å². The molecule has 0 saturated heterocycles. The van der Waals surface area contributed by atoms with Gasteiger partial charge in [0.15, 0.2) is 0 Å². The lowest BCUT2D eigenvalue weighted by Crippen LogP contribution is -2.34. The van der Waals surface area contributed by atoms with Gasteiger partial charge in [-0.3, -0.25) is 4.79 Å². The van der Waals surface area contributed by atoms with E-state index in [-0.39, 0.29) is 11.2 Å². The maximum atomic E-state index is 12.3. The van der Waals surface area contributed by atoms with E-state index in [9.17, 15) is 4.79 Å². The number of halogens is 1. The third kappa shape index (κ3) is 6.05. The topological polar surface area (TPSA) is 29.1 Å². The zero-order valence-electron chi connectivity index (χ0n) is 13.0. The van der Waals surface area contributed by atoms with Gasteiger partial charge >= 0.3 is 0 Å². The molecule has 0 aliphatic heterocycles. The summed E-state index contributed by atoms with van der Waals surface area (Å²) in [6, 6.07) is 7.68. The van der Waals surface area contributed by atoms with E-state index in [1.54, 1.807) is 11.8 Å². The monoisotopic (exact) mass is 357 g/mol. The Morgan fingerprint density at radius 2 is 2.00 bits per heavy atom. The van der Waals surface area contributed by atoms with Crippen LogP contribution in [0.3, 0.4) is 0 Å². The fourth-order valence-corrected chi connectivity index (χ4v) is 4.89. The molecule has 0 unspecified atom stereocenters. The fourth-order valence-electron chi connectivity index (χ4n) is 2.57. The summed E-state index contributed by atoms with van der Waals surface area (Å²) < 4.78 is 0. The molecule has 0 radical (unpaired) electrons. The van der Waals surface area contributed by atoms with Crippen molar-refractivity contribution in [3.8, 4) is 0 Å². The van der Waals surface area contributed by atoms with Gasteiger partial charge in [-0.05, 0) is 43.5 Å². The number of carbonyl (C=O) groups excluding carboxylic acids is 1. The SMILES string of the molecule is CC[C@H](Sc1ccc(Cl)cc1)C(=O)NCCSC1CCCC1. The molecule has 1 aromatic carbocycles. The average molecular weight is 358 g/mol. The maximum absolute atomic E-state index is 12.3. The first-order valence-corrected chi connectivity index (χ1v) is 10.3. The minimum absolute atomic E-state index is 0.0299. The summed E-state index contributed by atoms with van der Waals surface area (Å²) in [4.78, 5) is 13.4. The van der Waals surface area contributed by atoms with Crippen LogP contribution >= 0.6 is 35.1 Å². The van der Waals surface area contributed by atoms with Crippen LogP contribution in [0.2, 0.25) is 5.02 Å². The molecule has 0 heterocycles. The zero-order chi connectivity index (χ0) is 15.8. The van der Waals surface area contributed by atoms with Gasteiger partial charge in [-0.25, -0.2) is 0 Å². The summed E-state index contributed by atoms with van der Waals surface area (Å²) in [5.74, 6) is 1.17. The molecule has 5 heteroatoms. The highest BCUT2D eigenvalue weighted by Crippen LogP contribution is 2.29. The van der Waals surface area contributed by atoms with Crippen molar-refractivity contribution in [1.82, 2.24) is 5.32 Å². The Bertz CT molecular complexity index is 460. The quantitative estimate of drug-likeness (QED) is 0.524. The van der Waals surface area contributed by atoms with E-state index in [1.165, 1.54) is 25.7 Å². The van der Waals surface area contributed by atoms with E-state index < -0.39 is 0 Å². The third-order valence-corrected chi connectivity index (χ3v) is 6.82. The summed E-state index contributed by atoms with van der Waals surface area (Å²) >= 11 is 9.52. The van der Waals surface area contributed by atoms with E-state index in [0.717, 1.165) is 33.9 Å². The van der Waals surface area contributed by atoms with Gasteiger partial charge in [0.2, 0.25) is 5.91 Å². The number of carbonyl (C=O) groups is 1. The van der Waals surface area contributed by atoms with Crippen molar-refractivity contribution in [2.24, 2.45) is 0 Å². The van der Waals surface area contributed by atoms with Gasteiger partial charge in [-0.2, -0.15) is 11.8 Å². The van der Waals surface area contributed by atoms with Gasteiger partial charge < -0.3 is 5.32 Å². The molecular formula is C17H24ClNOS2. The Hall–Kier alpha value is -0.320. The van der Waals surface area contributed by atoms with Crippen molar-refractivity contribution in [3.05, 3.63) is 29.3 Å². The number of nitrogens with one attached hydrogen (secondary N) is 1. The van der Waals surface area contributed by atoms with Crippen LogP contribution in [-0.2, 0) is 4.79 Å². The van der Waals surface area contributed by atoms with Gasteiger partial charge in [-0.1, -0.05) is 31.4 Å². The zero-order valence-corrected chi connectivity index (χ0v) is 15.4. The molecule has 1 fully saturated rings. The van der Waals surface area contributed by atoms with Gasteiger partial charge in [0.1, 0.15) is 0 Å². The average Bonchev–Trinajstić information content (AvgIpc) is 3.04. The normalized spacial score (nSPS) is 16.6. The standard InChI is InChI=1S/C17H24ClNOS2/c1-2-16(22-15-9-7-13(18)8-10-15)17(20)19-11-12-21-14-5-3-4-6-14/h7-10,14,16H,2-6,11-12H2,1H3,(H,19,20)/t16-/m0/s1. The molecule has 0 bridgehead atoms. The van der Waals surface area contributed by atoms with Crippen LogP contribution in [0.5, 0.6) is 0 Å². The first kappa shape index (κ1) is 18.0. The first-order valence-electron chi connectivity index (χ1n) is 8.00. The molecule has 0 spiro atoms. The van der Waals surface area contributed by atoms with Crippen LogP contribution in [-0.4, -0.2) is 28.7 Å². The summed E-state index contributed by atoms with van der Waals surface area (Å²) in [5, 5.41) is 4.60. The van der Waals surface area contributed by atoms with Gasteiger partial charge in [0.05, 0.1) is 5.25 Å². The lowest BCUT2D eigenvalue weighted by atomic mass is 10.3. The van der Waals surface area contributed by atoms with Crippen molar-refractivity contribution in [3.63, 3.8) is 0 Å². The maximum Gasteiger partial charge on any atom is 0.233 e. The highest BCUT2D eigenvalue weighted by atomic mass is 35.5. The largest absolute Gasteiger partial charge is 0.354 e. The van der Waals surface area contributed by atoms with Gasteiger partial charge in [0, 0.05) is 27.5 Å². The summed E-state index contributed by atoms with van der Waals surface area (Å²) in [6.45, 7) is 2.83. The lowest BCUT2D eigenvalue weighted by molar-refractivity contribution is -0.120. The van der Waals surface area contributed by atoms with E-state index in [0.29, 0.717) is 0 Å². The third-order valence-electron chi connectivity index (χ3n) is 3.81.